The van der Waals surface area contributed by atoms with Crippen LogP contribution in [0.1, 0.15) is 5.56 Å². The standard InChI is InChI=1S/C22H19N3O3/c26-21(15-17-7-3-6-16-5-1-2-8-18(16)17)23-12-13-25-22(27)11-10-19(24-25)20-9-4-14-28-20/h1-11,14H,12-13,15H2,(H,23,26). The Balaban J connectivity index is 1.39. The van der Waals surface area contributed by atoms with Crippen LogP contribution in [-0.2, 0) is 17.8 Å². The van der Waals surface area contributed by atoms with Crippen molar-refractivity contribution in [2.75, 3.05) is 6.54 Å². The van der Waals surface area contributed by atoms with Gasteiger partial charge in [0.2, 0.25) is 5.91 Å². The molecule has 6 heteroatoms. The third kappa shape index (κ3) is 3.86. The van der Waals surface area contributed by atoms with Gasteiger partial charge in [-0.3, -0.25) is 9.59 Å². The summed E-state index contributed by atoms with van der Waals surface area (Å²) >= 11 is 0. The number of benzene rings is 2. The van der Waals surface area contributed by atoms with Crippen molar-refractivity contribution in [3.63, 3.8) is 0 Å². The first-order chi connectivity index (χ1) is 13.7. The van der Waals surface area contributed by atoms with Crippen LogP contribution in [-0.4, -0.2) is 22.2 Å². The van der Waals surface area contributed by atoms with E-state index in [0.29, 0.717) is 18.0 Å². The molecule has 0 spiro atoms. The second kappa shape index (κ2) is 7.92. The number of aromatic nitrogens is 2. The molecule has 4 rings (SSSR count). The molecule has 0 saturated heterocycles. The summed E-state index contributed by atoms with van der Waals surface area (Å²) in [4.78, 5) is 24.4. The van der Waals surface area contributed by atoms with E-state index in [9.17, 15) is 9.59 Å². The second-order valence-electron chi connectivity index (χ2n) is 6.42. The van der Waals surface area contributed by atoms with Crippen molar-refractivity contribution in [1.82, 2.24) is 15.1 Å². The minimum absolute atomic E-state index is 0.0911. The van der Waals surface area contributed by atoms with Gasteiger partial charge in [-0.25, -0.2) is 4.68 Å². The summed E-state index contributed by atoms with van der Waals surface area (Å²) in [5, 5.41) is 9.34. The molecule has 0 radical (unpaired) electrons. The number of furan rings is 1. The molecule has 1 N–H and O–H groups in total. The van der Waals surface area contributed by atoms with Gasteiger partial charge >= 0.3 is 0 Å². The smallest absolute Gasteiger partial charge is 0.266 e. The van der Waals surface area contributed by atoms with Gasteiger partial charge < -0.3 is 9.73 Å². The monoisotopic (exact) mass is 373 g/mol. The number of hydrogen-bond donors (Lipinski definition) is 1. The molecular weight excluding hydrogens is 354 g/mol. The quantitative estimate of drug-likeness (QED) is 0.564. The van der Waals surface area contributed by atoms with Gasteiger partial charge in [0.05, 0.1) is 19.2 Å². The minimum Gasteiger partial charge on any atom is -0.463 e. The fraction of sp³-hybridized carbons (Fsp3) is 0.136. The molecule has 140 valence electrons. The van der Waals surface area contributed by atoms with E-state index >= 15 is 0 Å². The van der Waals surface area contributed by atoms with E-state index in [0.717, 1.165) is 16.3 Å². The van der Waals surface area contributed by atoms with E-state index in [4.69, 9.17) is 4.42 Å². The van der Waals surface area contributed by atoms with Crippen LogP contribution in [0.25, 0.3) is 22.2 Å². The fourth-order valence-electron chi connectivity index (χ4n) is 3.15. The van der Waals surface area contributed by atoms with E-state index in [-0.39, 0.29) is 24.4 Å². The maximum Gasteiger partial charge on any atom is 0.266 e. The number of fused-ring (bicyclic) bond motifs is 1. The zero-order chi connectivity index (χ0) is 19.3. The Morgan fingerprint density at radius 1 is 1.00 bits per heavy atom. The summed E-state index contributed by atoms with van der Waals surface area (Å²) in [6.45, 7) is 0.604. The lowest BCUT2D eigenvalue weighted by atomic mass is 10.0. The highest BCUT2D eigenvalue weighted by Gasteiger charge is 2.08. The molecule has 2 heterocycles. The first-order valence-electron chi connectivity index (χ1n) is 9.06. The predicted molar refractivity (Wildman–Crippen MR) is 107 cm³/mol. The molecule has 0 aliphatic rings. The number of carbonyl (C=O) groups excluding carboxylic acids is 1. The number of amides is 1. The SMILES string of the molecule is O=C(Cc1cccc2ccccc12)NCCn1nc(-c2ccco2)ccc1=O. The molecule has 0 unspecified atom stereocenters. The van der Waals surface area contributed by atoms with Gasteiger partial charge in [0.15, 0.2) is 5.76 Å². The molecule has 0 saturated carbocycles. The summed E-state index contributed by atoms with van der Waals surface area (Å²) in [5.41, 5.74) is 1.33. The molecule has 4 aromatic rings. The van der Waals surface area contributed by atoms with Crippen molar-refractivity contribution in [2.24, 2.45) is 0 Å². The van der Waals surface area contributed by atoms with E-state index in [2.05, 4.69) is 10.4 Å². The molecule has 0 aliphatic carbocycles. The summed E-state index contributed by atoms with van der Waals surface area (Å²) in [7, 11) is 0. The van der Waals surface area contributed by atoms with Gasteiger partial charge in [-0.2, -0.15) is 5.10 Å². The average molecular weight is 373 g/mol. The highest BCUT2D eigenvalue weighted by molar-refractivity contribution is 5.90. The largest absolute Gasteiger partial charge is 0.463 e. The second-order valence-corrected chi connectivity index (χ2v) is 6.42. The molecule has 0 atom stereocenters. The number of nitrogens with zero attached hydrogens (tertiary/aromatic N) is 2. The van der Waals surface area contributed by atoms with Crippen molar-refractivity contribution in [1.29, 1.82) is 0 Å². The molecule has 6 nitrogen and oxygen atoms in total. The zero-order valence-electron chi connectivity index (χ0n) is 15.2. The number of nitrogens with one attached hydrogen (secondary N) is 1. The van der Waals surface area contributed by atoms with Crippen molar-refractivity contribution < 1.29 is 9.21 Å². The average Bonchev–Trinajstić information content (AvgIpc) is 3.24. The Hall–Kier alpha value is -3.67. The molecule has 2 aromatic heterocycles. The van der Waals surface area contributed by atoms with Crippen molar-refractivity contribution in [3.05, 3.63) is 88.9 Å². The molecule has 0 fully saturated rings. The third-order valence-electron chi connectivity index (χ3n) is 4.52. The maximum atomic E-state index is 12.4. The topological polar surface area (TPSA) is 77.1 Å². The van der Waals surface area contributed by atoms with Crippen LogP contribution in [0.5, 0.6) is 0 Å². The number of rotatable bonds is 6. The van der Waals surface area contributed by atoms with E-state index in [1.807, 2.05) is 42.5 Å². The molecule has 0 aliphatic heterocycles. The number of carbonyl (C=O) groups is 1. The Morgan fingerprint density at radius 2 is 1.86 bits per heavy atom. The first-order valence-corrected chi connectivity index (χ1v) is 9.06. The third-order valence-corrected chi connectivity index (χ3v) is 4.52. The Labute approximate surface area is 161 Å². The normalized spacial score (nSPS) is 10.9. The van der Waals surface area contributed by atoms with Crippen LogP contribution < -0.4 is 10.9 Å². The first kappa shape index (κ1) is 17.7. The van der Waals surface area contributed by atoms with Gasteiger partial charge in [0.25, 0.3) is 5.56 Å². The molecule has 28 heavy (non-hydrogen) atoms. The van der Waals surface area contributed by atoms with Crippen LogP contribution in [0.2, 0.25) is 0 Å². The molecular formula is C22H19N3O3. The lowest BCUT2D eigenvalue weighted by Gasteiger charge is -2.09. The molecule has 2 aromatic carbocycles. The predicted octanol–water partition coefficient (Wildman–Crippen LogP) is 3.02. The van der Waals surface area contributed by atoms with E-state index in [1.54, 1.807) is 24.5 Å². The summed E-state index contributed by atoms with van der Waals surface area (Å²) in [6, 6.07) is 20.5. The van der Waals surface area contributed by atoms with Crippen LogP contribution in [0.4, 0.5) is 0 Å². The Kier molecular flexibility index (Phi) is 5.01. The van der Waals surface area contributed by atoms with Crippen LogP contribution >= 0.6 is 0 Å². The van der Waals surface area contributed by atoms with Crippen LogP contribution in [0, 0.1) is 0 Å². The lowest BCUT2D eigenvalue weighted by Crippen LogP contribution is -2.32. The van der Waals surface area contributed by atoms with Gasteiger partial charge in [-0.1, -0.05) is 42.5 Å². The minimum atomic E-state index is -0.224. The zero-order valence-corrected chi connectivity index (χ0v) is 15.2. The van der Waals surface area contributed by atoms with Crippen molar-refractivity contribution >= 4 is 16.7 Å². The van der Waals surface area contributed by atoms with Crippen LogP contribution in [0.3, 0.4) is 0 Å². The van der Waals surface area contributed by atoms with Crippen molar-refractivity contribution in [2.45, 2.75) is 13.0 Å². The lowest BCUT2D eigenvalue weighted by molar-refractivity contribution is -0.120. The molecule has 1 amide bonds. The Bertz CT molecular complexity index is 1160. The van der Waals surface area contributed by atoms with E-state index in [1.165, 1.54) is 10.7 Å². The van der Waals surface area contributed by atoms with Gasteiger partial charge in [-0.05, 0) is 34.5 Å². The highest BCUT2D eigenvalue weighted by Crippen LogP contribution is 2.19. The maximum absolute atomic E-state index is 12.4. The summed E-state index contributed by atoms with van der Waals surface area (Å²) < 4.78 is 6.64. The van der Waals surface area contributed by atoms with Gasteiger partial charge in [-0.15, -0.1) is 0 Å². The molecule has 0 bridgehead atoms. The van der Waals surface area contributed by atoms with Crippen LogP contribution in [0.15, 0.2) is 82.2 Å². The van der Waals surface area contributed by atoms with Crippen molar-refractivity contribution in [3.8, 4) is 11.5 Å². The number of hydrogen-bond acceptors (Lipinski definition) is 4. The van der Waals surface area contributed by atoms with Gasteiger partial charge in [0, 0.05) is 12.6 Å². The summed E-state index contributed by atoms with van der Waals surface area (Å²) in [6.07, 6.45) is 1.84. The fourth-order valence-corrected chi connectivity index (χ4v) is 3.15. The van der Waals surface area contributed by atoms with Gasteiger partial charge in [0.1, 0.15) is 5.69 Å². The highest BCUT2D eigenvalue weighted by atomic mass is 16.3. The summed E-state index contributed by atoms with van der Waals surface area (Å²) in [5.74, 6) is 0.500. The van der Waals surface area contributed by atoms with E-state index < -0.39 is 0 Å². The Morgan fingerprint density at radius 3 is 2.71 bits per heavy atom.